The Morgan fingerprint density at radius 3 is 2.50 bits per heavy atom. The number of aromatic nitrogens is 1. The molecule has 1 aromatic heterocycles. The number of thiazole rings is 1. The van der Waals surface area contributed by atoms with E-state index in [1.807, 2.05) is 20.8 Å². The molecule has 0 fully saturated rings. The summed E-state index contributed by atoms with van der Waals surface area (Å²) in [4.78, 5) is 4.16. The molecule has 0 saturated carbocycles. The van der Waals surface area contributed by atoms with Gasteiger partial charge in [-0.05, 0) is 18.9 Å². The number of nitrogens with zero attached hydrogens (tertiary/aromatic N) is 1. The van der Waals surface area contributed by atoms with E-state index in [1.165, 1.54) is 6.20 Å². The quantitative estimate of drug-likeness (QED) is 0.842. The van der Waals surface area contributed by atoms with Crippen LogP contribution in [0.2, 0.25) is 0 Å². The van der Waals surface area contributed by atoms with E-state index in [4.69, 9.17) is 0 Å². The van der Waals surface area contributed by atoms with Crippen molar-refractivity contribution in [1.29, 1.82) is 0 Å². The molecule has 1 N–H and O–H groups in total. The van der Waals surface area contributed by atoms with Crippen LogP contribution in [0.1, 0.15) is 49.5 Å². The molecule has 1 heterocycles. The Morgan fingerprint density at radius 1 is 1.39 bits per heavy atom. The Kier molecular flexibility index (Phi) is 5.59. The molecule has 2 nitrogen and oxygen atoms in total. The van der Waals surface area contributed by atoms with E-state index in [-0.39, 0.29) is 12.0 Å². The van der Waals surface area contributed by atoms with Crippen molar-refractivity contribution in [2.75, 3.05) is 6.54 Å². The number of hydrogen-bond donors (Lipinski definition) is 1. The van der Waals surface area contributed by atoms with Gasteiger partial charge in [0.2, 0.25) is 0 Å². The molecule has 2 atom stereocenters. The minimum absolute atomic E-state index is 0.0384. The Labute approximate surface area is 110 Å². The maximum Gasteiger partial charge on any atom is 0.443 e. The van der Waals surface area contributed by atoms with Crippen molar-refractivity contribution in [1.82, 2.24) is 10.3 Å². The average molecular weight is 280 g/mol. The summed E-state index contributed by atoms with van der Waals surface area (Å²) in [7, 11) is 0. The molecular formula is C12H19F3N2S. The maximum atomic E-state index is 12.5. The molecule has 6 heteroatoms. The summed E-state index contributed by atoms with van der Waals surface area (Å²) in [6, 6.07) is -0.0384. The molecule has 0 amide bonds. The second kappa shape index (κ2) is 6.52. The van der Waals surface area contributed by atoms with Gasteiger partial charge in [0.15, 0.2) is 5.01 Å². The van der Waals surface area contributed by atoms with Gasteiger partial charge in [-0.2, -0.15) is 13.2 Å². The van der Waals surface area contributed by atoms with Gasteiger partial charge in [0.25, 0.3) is 0 Å². The molecule has 0 saturated heterocycles. The van der Waals surface area contributed by atoms with E-state index in [1.54, 1.807) is 0 Å². The van der Waals surface area contributed by atoms with Gasteiger partial charge < -0.3 is 5.32 Å². The van der Waals surface area contributed by atoms with E-state index >= 15 is 0 Å². The van der Waals surface area contributed by atoms with Crippen LogP contribution in [0.3, 0.4) is 0 Å². The maximum absolute atomic E-state index is 12.5. The molecular weight excluding hydrogens is 261 g/mol. The molecule has 0 aliphatic rings. The fraction of sp³-hybridized carbons (Fsp3) is 0.750. The second-order valence-electron chi connectivity index (χ2n) is 4.38. The number of alkyl halides is 3. The number of halogens is 3. The number of rotatable bonds is 6. The predicted molar refractivity (Wildman–Crippen MR) is 67.6 cm³/mol. The highest BCUT2D eigenvalue weighted by atomic mass is 32.1. The topological polar surface area (TPSA) is 24.9 Å². The van der Waals surface area contributed by atoms with Crippen LogP contribution in [0.4, 0.5) is 13.2 Å². The van der Waals surface area contributed by atoms with Crippen LogP contribution in [0.5, 0.6) is 0 Å². The van der Waals surface area contributed by atoms with E-state index in [2.05, 4.69) is 10.3 Å². The lowest BCUT2D eigenvalue weighted by molar-refractivity contribution is -0.137. The van der Waals surface area contributed by atoms with Crippen molar-refractivity contribution < 1.29 is 13.2 Å². The molecule has 0 aliphatic carbocycles. The molecule has 2 unspecified atom stereocenters. The van der Waals surface area contributed by atoms with Gasteiger partial charge in [-0.3, -0.25) is 0 Å². The van der Waals surface area contributed by atoms with Crippen molar-refractivity contribution >= 4 is 11.3 Å². The molecule has 1 rings (SSSR count). The van der Waals surface area contributed by atoms with Crippen molar-refractivity contribution in [2.45, 2.75) is 45.8 Å². The first kappa shape index (κ1) is 15.4. The number of nitrogens with one attached hydrogen (secondary N) is 1. The third-order valence-corrected chi connectivity index (χ3v) is 4.03. The smallest absolute Gasteiger partial charge is 0.309 e. The van der Waals surface area contributed by atoms with Crippen molar-refractivity contribution in [2.24, 2.45) is 5.92 Å². The Bertz CT molecular complexity index is 362. The van der Waals surface area contributed by atoms with Crippen molar-refractivity contribution in [3.8, 4) is 0 Å². The predicted octanol–water partition coefficient (Wildman–Crippen LogP) is 4.25. The van der Waals surface area contributed by atoms with Crippen LogP contribution in [0.25, 0.3) is 0 Å². The lowest BCUT2D eigenvalue weighted by Gasteiger charge is -2.22. The zero-order chi connectivity index (χ0) is 13.8. The highest BCUT2D eigenvalue weighted by molar-refractivity contribution is 7.11. The second-order valence-corrected chi connectivity index (χ2v) is 5.45. The van der Waals surface area contributed by atoms with Crippen LogP contribution in [-0.2, 0) is 6.18 Å². The van der Waals surface area contributed by atoms with E-state index in [9.17, 15) is 13.2 Å². The van der Waals surface area contributed by atoms with Gasteiger partial charge in [-0.1, -0.05) is 27.2 Å². The van der Waals surface area contributed by atoms with Crippen molar-refractivity contribution in [3.63, 3.8) is 0 Å². The van der Waals surface area contributed by atoms with Crippen LogP contribution >= 0.6 is 11.3 Å². The summed E-state index contributed by atoms with van der Waals surface area (Å²) < 4.78 is 37.6. The van der Waals surface area contributed by atoms with Gasteiger partial charge in [0.1, 0.15) is 0 Å². The third kappa shape index (κ3) is 3.95. The molecule has 18 heavy (non-hydrogen) atoms. The Balaban J connectivity index is 2.88. The van der Waals surface area contributed by atoms with Gasteiger partial charge in [-0.15, -0.1) is 11.3 Å². The SMILES string of the molecule is CCCNC(c1cnc(C(F)(F)F)s1)C(C)CC. The van der Waals surface area contributed by atoms with Crippen molar-refractivity contribution in [3.05, 3.63) is 16.1 Å². The van der Waals surface area contributed by atoms with Gasteiger partial charge >= 0.3 is 6.18 Å². The lowest BCUT2D eigenvalue weighted by Crippen LogP contribution is -2.26. The first-order valence-electron chi connectivity index (χ1n) is 6.16. The number of hydrogen-bond acceptors (Lipinski definition) is 3. The lowest BCUT2D eigenvalue weighted by atomic mass is 9.98. The first-order chi connectivity index (χ1) is 8.40. The minimum atomic E-state index is -4.34. The van der Waals surface area contributed by atoms with E-state index < -0.39 is 11.2 Å². The molecule has 0 spiro atoms. The summed E-state index contributed by atoms with van der Waals surface area (Å²) in [5.74, 6) is 0.290. The highest BCUT2D eigenvalue weighted by Gasteiger charge is 2.35. The Hall–Kier alpha value is -0.620. The van der Waals surface area contributed by atoms with Gasteiger partial charge in [-0.25, -0.2) is 4.98 Å². The normalized spacial score (nSPS) is 15.7. The molecule has 104 valence electrons. The average Bonchev–Trinajstić information content (AvgIpc) is 2.78. The van der Waals surface area contributed by atoms with E-state index in [0.29, 0.717) is 4.88 Å². The molecule has 0 radical (unpaired) electrons. The zero-order valence-corrected chi connectivity index (χ0v) is 11.7. The highest BCUT2D eigenvalue weighted by Crippen LogP contribution is 2.36. The summed E-state index contributed by atoms with van der Waals surface area (Å²) >= 11 is 0.743. The van der Waals surface area contributed by atoms with E-state index in [0.717, 1.165) is 30.7 Å². The standard InChI is InChI=1S/C12H19F3N2S/c1-4-6-16-10(8(3)5-2)9-7-17-11(18-9)12(13,14)15/h7-8,10,16H,4-6H2,1-3H3. The monoisotopic (exact) mass is 280 g/mol. The summed E-state index contributed by atoms with van der Waals surface area (Å²) in [5, 5.41) is 2.54. The van der Waals surface area contributed by atoms with Crippen LogP contribution in [-0.4, -0.2) is 11.5 Å². The molecule has 1 aromatic rings. The molecule has 0 bridgehead atoms. The summed E-state index contributed by atoms with van der Waals surface area (Å²) in [6.45, 7) is 6.92. The van der Waals surface area contributed by atoms with Crippen LogP contribution in [0.15, 0.2) is 6.20 Å². The summed E-state index contributed by atoms with van der Waals surface area (Å²) in [6.07, 6.45) is -1.11. The zero-order valence-electron chi connectivity index (χ0n) is 10.8. The minimum Gasteiger partial charge on any atom is -0.309 e. The fourth-order valence-corrected chi connectivity index (χ4v) is 2.67. The van der Waals surface area contributed by atoms with Gasteiger partial charge in [0.05, 0.1) is 0 Å². The third-order valence-electron chi connectivity index (χ3n) is 2.90. The fourth-order valence-electron chi connectivity index (χ4n) is 1.68. The Morgan fingerprint density at radius 2 is 2.06 bits per heavy atom. The van der Waals surface area contributed by atoms with Crippen LogP contribution in [0, 0.1) is 5.92 Å². The van der Waals surface area contributed by atoms with Crippen LogP contribution < -0.4 is 5.32 Å². The van der Waals surface area contributed by atoms with Gasteiger partial charge in [0, 0.05) is 17.1 Å². The first-order valence-corrected chi connectivity index (χ1v) is 6.98. The molecule has 0 aliphatic heterocycles. The molecule has 0 aromatic carbocycles. The largest absolute Gasteiger partial charge is 0.443 e. The summed E-state index contributed by atoms with van der Waals surface area (Å²) in [5.41, 5.74) is 0.